The van der Waals surface area contributed by atoms with Gasteiger partial charge in [-0.05, 0) is 24.3 Å². The number of rotatable bonds is 2. The van der Waals surface area contributed by atoms with E-state index in [0.29, 0.717) is 0 Å². The van der Waals surface area contributed by atoms with Crippen molar-refractivity contribution >= 4 is 46.5 Å². The fourth-order valence-corrected chi connectivity index (χ4v) is 2.39. The molecule has 0 saturated heterocycles. The zero-order chi connectivity index (χ0) is 19.0. The molecule has 1 N–H and O–H groups in total. The molecular weight excluding hydrogens is 418 g/mol. The van der Waals surface area contributed by atoms with Gasteiger partial charge < -0.3 is 14.8 Å². The third-order valence-corrected chi connectivity index (χ3v) is 3.86. The molecule has 0 bridgehead atoms. The smallest absolute Gasteiger partial charge is 0.427 e. The van der Waals surface area contributed by atoms with E-state index in [1.165, 1.54) is 36.5 Å². The number of para-hydroxylation sites is 2. The molecule has 0 radical (unpaired) electrons. The van der Waals surface area contributed by atoms with E-state index in [2.05, 4.69) is 9.98 Å². The molecular formula is C15H9Cl3F3N3O2. The second-order valence-corrected chi connectivity index (χ2v) is 7.31. The number of hydrogen-bond donors (Lipinski definition) is 1. The van der Waals surface area contributed by atoms with E-state index in [1.54, 1.807) is 12.1 Å². The van der Waals surface area contributed by atoms with Gasteiger partial charge in [-0.1, -0.05) is 53.0 Å². The molecule has 0 aliphatic carbocycles. The molecule has 1 aromatic carbocycles. The van der Waals surface area contributed by atoms with Crippen LogP contribution in [0.5, 0.6) is 11.5 Å². The van der Waals surface area contributed by atoms with Crippen molar-refractivity contribution in [2.24, 2.45) is 4.99 Å². The molecule has 0 atom stereocenters. The molecule has 26 heavy (non-hydrogen) atoms. The first kappa shape index (κ1) is 18.9. The van der Waals surface area contributed by atoms with Gasteiger partial charge in [0.15, 0.2) is 11.5 Å². The number of aliphatic imine (C=N–C) groups is 1. The summed E-state index contributed by atoms with van der Waals surface area (Å²) >= 11 is 17.5. The third kappa shape index (κ3) is 3.77. The zero-order valence-electron chi connectivity index (χ0n) is 12.6. The van der Waals surface area contributed by atoms with Crippen molar-refractivity contribution in [2.45, 2.75) is 15.9 Å². The summed E-state index contributed by atoms with van der Waals surface area (Å²) in [6, 6.07) is 10.4. The Morgan fingerprint density at radius 2 is 1.58 bits per heavy atom. The maximum atomic E-state index is 13.5. The van der Waals surface area contributed by atoms with Gasteiger partial charge in [-0.2, -0.15) is 18.2 Å². The molecule has 1 aromatic heterocycles. The highest BCUT2D eigenvalue weighted by atomic mass is 35.6. The highest BCUT2D eigenvalue weighted by Gasteiger charge is 2.60. The first-order valence-electron chi connectivity index (χ1n) is 7.00. The van der Waals surface area contributed by atoms with Crippen molar-refractivity contribution in [2.75, 3.05) is 5.32 Å². The predicted molar refractivity (Wildman–Crippen MR) is 92.1 cm³/mol. The lowest BCUT2D eigenvalue weighted by atomic mass is 10.3. The van der Waals surface area contributed by atoms with Gasteiger partial charge in [-0.3, -0.25) is 0 Å². The second-order valence-electron chi connectivity index (χ2n) is 5.03. The number of pyridine rings is 1. The molecule has 3 rings (SSSR count). The van der Waals surface area contributed by atoms with Crippen LogP contribution in [0.1, 0.15) is 0 Å². The molecule has 11 heteroatoms. The normalized spacial score (nSPS) is 16.5. The minimum Gasteiger partial charge on any atom is -0.427 e. The Balaban J connectivity index is 2.05. The summed E-state index contributed by atoms with van der Waals surface area (Å²) < 4.78 is 48.7. The highest BCUT2D eigenvalue weighted by molar-refractivity contribution is 6.68. The van der Waals surface area contributed by atoms with Crippen LogP contribution in [0.3, 0.4) is 0 Å². The summed E-state index contributed by atoms with van der Waals surface area (Å²) in [6.07, 6.45) is -3.62. The van der Waals surface area contributed by atoms with E-state index in [-0.39, 0.29) is 17.3 Å². The Morgan fingerprint density at radius 1 is 1.00 bits per heavy atom. The van der Waals surface area contributed by atoms with E-state index < -0.39 is 21.7 Å². The number of halogens is 6. The molecule has 1 aliphatic heterocycles. The number of anilines is 1. The molecule has 0 unspecified atom stereocenters. The number of amidine groups is 1. The molecule has 0 saturated carbocycles. The van der Waals surface area contributed by atoms with Crippen molar-refractivity contribution in [1.29, 1.82) is 0 Å². The fourth-order valence-electron chi connectivity index (χ4n) is 2.03. The summed E-state index contributed by atoms with van der Waals surface area (Å²) in [5.41, 5.74) is 0. The van der Waals surface area contributed by atoms with Crippen LogP contribution < -0.4 is 14.8 Å². The molecule has 1 aliphatic rings. The number of nitrogens with zero attached hydrogens (tertiary/aromatic N) is 2. The van der Waals surface area contributed by atoms with Crippen molar-refractivity contribution in [3.05, 3.63) is 48.7 Å². The second kappa shape index (κ2) is 6.68. The van der Waals surface area contributed by atoms with Gasteiger partial charge in [0.1, 0.15) is 5.82 Å². The Labute approximate surface area is 160 Å². The van der Waals surface area contributed by atoms with Crippen molar-refractivity contribution in [3.63, 3.8) is 0 Å². The van der Waals surface area contributed by atoms with Gasteiger partial charge in [-0.15, -0.1) is 0 Å². The minimum absolute atomic E-state index is 0.0851. The van der Waals surface area contributed by atoms with Crippen LogP contribution >= 0.6 is 34.8 Å². The third-order valence-electron chi connectivity index (χ3n) is 3.14. The largest absolute Gasteiger partial charge is 0.449 e. The van der Waals surface area contributed by atoms with Crippen LogP contribution in [0.25, 0.3) is 0 Å². The summed E-state index contributed by atoms with van der Waals surface area (Å²) in [4.78, 5) is 7.22. The lowest BCUT2D eigenvalue weighted by molar-refractivity contribution is -0.0821. The standard InChI is InChI=1S/C15H9Cl3F3N3O2/c16-14(17,18)15(25-9-5-1-2-6-10(9)26-15)24-12(13(19,20)21)23-11-7-3-4-8-22-11/h1-8H,(H,22,23,24). The molecule has 2 aromatic rings. The van der Waals surface area contributed by atoms with E-state index >= 15 is 0 Å². The van der Waals surface area contributed by atoms with Crippen molar-refractivity contribution in [1.82, 2.24) is 4.98 Å². The number of alkyl halides is 6. The number of benzene rings is 1. The quantitative estimate of drug-likeness (QED) is 0.419. The Hall–Kier alpha value is -1.90. The SMILES string of the molecule is FC(F)(F)/C(=N\C1(C(Cl)(Cl)Cl)Oc2ccccc2O1)Nc1ccccn1. The van der Waals surface area contributed by atoms with Crippen LogP contribution in [0.2, 0.25) is 0 Å². The van der Waals surface area contributed by atoms with Gasteiger partial charge in [0, 0.05) is 6.20 Å². The van der Waals surface area contributed by atoms with Gasteiger partial charge in [0.2, 0.25) is 5.84 Å². The van der Waals surface area contributed by atoms with E-state index in [9.17, 15) is 13.2 Å². The van der Waals surface area contributed by atoms with Gasteiger partial charge >= 0.3 is 12.1 Å². The molecule has 0 amide bonds. The number of fused-ring (bicyclic) bond motifs is 1. The summed E-state index contributed by atoms with van der Waals surface area (Å²) in [5.74, 6) is -4.02. The lowest BCUT2D eigenvalue weighted by Gasteiger charge is -2.30. The van der Waals surface area contributed by atoms with E-state index in [0.717, 1.165) is 0 Å². The predicted octanol–water partition coefficient (Wildman–Crippen LogP) is 4.95. The Morgan fingerprint density at radius 3 is 2.04 bits per heavy atom. The van der Waals surface area contributed by atoms with Crippen LogP contribution in [0.4, 0.5) is 19.0 Å². The average molecular weight is 427 g/mol. The molecule has 2 heterocycles. The van der Waals surface area contributed by atoms with Crippen LogP contribution in [-0.4, -0.2) is 26.7 Å². The van der Waals surface area contributed by atoms with Crippen LogP contribution in [-0.2, 0) is 0 Å². The molecule has 138 valence electrons. The number of ether oxygens (including phenoxy) is 2. The highest BCUT2D eigenvalue weighted by Crippen LogP contribution is 2.50. The summed E-state index contributed by atoms with van der Waals surface area (Å²) in [5, 5.41) is 2.05. The molecule has 0 spiro atoms. The number of aromatic nitrogens is 1. The monoisotopic (exact) mass is 425 g/mol. The van der Waals surface area contributed by atoms with Crippen molar-refractivity contribution in [3.8, 4) is 11.5 Å². The van der Waals surface area contributed by atoms with Crippen LogP contribution in [0.15, 0.2) is 53.7 Å². The maximum Gasteiger partial charge on any atom is 0.449 e. The average Bonchev–Trinajstić information content (AvgIpc) is 2.94. The summed E-state index contributed by atoms with van der Waals surface area (Å²) in [6.45, 7) is 0. The van der Waals surface area contributed by atoms with Gasteiger partial charge in [0.05, 0.1) is 0 Å². The van der Waals surface area contributed by atoms with Crippen LogP contribution in [0, 0.1) is 0 Å². The van der Waals surface area contributed by atoms with Crippen molar-refractivity contribution < 1.29 is 22.6 Å². The lowest BCUT2D eigenvalue weighted by Crippen LogP contribution is -2.51. The number of hydrogen-bond acceptors (Lipinski definition) is 4. The zero-order valence-corrected chi connectivity index (χ0v) is 14.9. The fraction of sp³-hybridized carbons (Fsp3) is 0.200. The Bertz CT molecular complexity index is 801. The number of nitrogens with one attached hydrogen (secondary N) is 1. The summed E-state index contributed by atoms with van der Waals surface area (Å²) in [7, 11) is 0. The topological polar surface area (TPSA) is 55.7 Å². The first-order chi connectivity index (χ1) is 12.1. The van der Waals surface area contributed by atoms with Gasteiger partial charge in [0.25, 0.3) is 3.79 Å². The minimum atomic E-state index is -4.93. The first-order valence-corrected chi connectivity index (χ1v) is 8.13. The van der Waals surface area contributed by atoms with Gasteiger partial charge in [-0.25, -0.2) is 4.98 Å². The van der Waals surface area contributed by atoms with E-state index in [4.69, 9.17) is 44.3 Å². The molecule has 0 fully saturated rings. The molecule has 5 nitrogen and oxygen atoms in total. The maximum absolute atomic E-state index is 13.5. The Kier molecular flexibility index (Phi) is 4.85. The van der Waals surface area contributed by atoms with E-state index in [1.807, 2.05) is 5.32 Å².